The van der Waals surface area contributed by atoms with Gasteiger partial charge in [-0.3, -0.25) is 4.79 Å². The molecular formula is C25H21F4N5O3S. The van der Waals surface area contributed by atoms with Crippen molar-refractivity contribution in [2.24, 2.45) is 0 Å². The maximum Gasteiger partial charge on any atom is 0.303 e. The van der Waals surface area contributed by atoms with Crippen molar-refractivity contribution in [3.8, 4) is 17.2 Å². The molecule has 1 aromatic heterocycles. The fourth-order valence-electron chi connectivity index (χ4n) is 4.03. The van der Waals surface area contributed by atoms with E-state index in [0.717, 1.165) is 28.6 Å². The SMILES string of the molecule is CC(F)(F)c1ncc(-c2ccc(C#N)c(CNC(=O)[C@@H]3C[C@@H](F)CN3S(=O)(=O)c3ccc(F)cc3)c2)cn1. The van der Waals surface area contributed by atoms with Crippen molar-refractivity contribution < 1.29 is 30.8 Å². The number of halogens is 4. The van der Waals surface area contributed by atoms with E-state index in [4.69, 9.17) is 0 Å². The molecule has 13 heteroatoms. The van der Waals surface area contributed by atoms with Crippen LogP contribution >= 0.6 is 0 Å². The molecular weight excluding hydrogens is 526 g/mol. The monoisotopic (exact) mass is 547 g/mol. The number of carbonyl (C=O) groups is 1. The van der Waals surface area contributed by atoms with Gasteiger partial charge in [-0.1, -0.05) is 6.07 Å². The topological polar surface area (TPSA) is 116 Å². The summed E-state index contributed by atoms with van der Waals surface area (Å²) in [7, 11) is -4.29. The number of alkyl halides is 3. The van der Waals surface area contributed by atoms with Crippen LogP contribution in [0, 0.1) is 17.1 Å². The largest absolute Gasteiger partial charge is 0.351 e. The Morgan fingerprint density at radius 3 is 2.42 bits per heavy atom. The standard InChI is InChI=1S/C25H21F4N5O3S/c1-25(28,29)24-32-12-18(13-33-24)15-2-3-16(10-30)17(8-15)11-31-23(35)22-9-20(27)14-34(22)38(36,37)21-6-4-19(26)5-7-21/h2-8,12-13,20,22H,9,11,14H2,1H3,(H,31,35)/t20-,22+/m1/s1. The zero-order valence-corrected chi connectivity index (χ0v) is 20.7. The van der Waals surface area contributed by atoms with E-state index in [9.17, 15) is 36.0 Å². The molecule has 4 rings (SSSR count). The Bertz CT molecular complexity index is 1490. The lowest BCUT2D eigenvalue weighted by Crippen LogP contribution is -2.45. The van der Waals surface area contributed by atoms with E-state index in [2.05, 4.69) is 15.3 Å². The minimum Gasteiger partial charge on any atom is -0.351 e. The molecule has 2 atom stereocenters. The van der Waals surface area contributed by atoms with Gasteiger partial charge in [0.05, 0.1) is 16.5 Å². The first-order chi connectivity index (χ1) is 17.9. The molecule has 0 unspecified atom stereocenters. The van der Waals surface area contributed by atoms with E-state index >= 15 is 0 Å². The molecule has 198 valence electrons. The van der Waals surface area contributed by atoms with Crippen molar-refractivity contribution in [1.82, 2.24) is 19.6 Å². The molecule has 2 heterocycles. The van der Waals surface area contributed by atoms with Crippen LogP contribution in [-0.4, -0.2) is 47.4 Å². The molecule has 0 saturated carbocycles. The van der Waals surface area contributed by atoms with E-state index in [-0.39, 0.29) is 23.4 Å². The second kappa shape index (κ2) is 10.5. The molecule has 1 saturated heterocycles. The fraction of sp³-hybridized carbons (Fsp3) is 0.280. The number of amides is 1. The first-order valence-electron chi connectivity index (χ1n) is 11.3. The molecule has 1 N–H and O–H groups in total. The van der Waals surface area contributed by atoms with Crippen LogP contribution in [0.25, 0.3) is 11.1 Å². The zero-order chi connectivity index (χ0) is 27.7. The summed E-state index contributed by atoms with van der Waals surface area (Å²) in [4.78, 5) is 20.1. The molecule has 38 heavy (non-hydrogen) atoms. The van der Waals surface area contributed by atoms with Gasteiger partial charge < -0.3 is 5.32 Å². The highest BCUT2D eigenvalue weighted by Crippen LogP contribution is 2.29. The summed E-state index contributed by atoms with van der Waals surface area (Å²) in [6.45, 7) is -0.0606. The molecule has 1 amide bonds. The van der Waals surface area contributed by atoms with Crippen LogP contribution < -0.4 is 5.32 Å². The normalized spacial score (nSPS) is 18.2. The Morgan fingerprint density at radius 1 is 1.16 bits per heavy atom. The highest BCUT2D eigenvalue weighted by Gasteiger charge is 2.44. The van der Waals surface area contributed by atoms with Crippen LogP contribution in [-0.2, 0) is 27.3 Å². The second-order valence-corrected chi connectivity index (χ2v) is 10.7. The van der Waals surface area contributed by atoms with Crippen LogP contribution in [0.2, 0.25) is 0 Å². The fourth-order valence-corrected chi connectivity index (χ4v) is 5.66. The van der Waals surface area contributed by atoms with Crippen molar-refractivity contribution in [1.29, 1.82) is 5.26 Å². The predicted octanol–water partition coefficient (Wildman–Crippen LogP) is 3.68. The van der Waals surface area contributed by atoms with Crippen molar-refractivity contribution in [2.45, 2.75) is 42.9 Å². The summed E-state index contributed by atoms with van der Waals surface area (Å²) in [5.41, 5.74) is 1.44. The molecule has 0 bridgehead atoms. The molecule has 2 aromatic carbocycles. The summed E-state index contributed by atoms with van der Waals surface area (Å²) in [6, 6.07) is 9.18. The number of carbonyl (C=O) groups excluding carboxylic acids is 1. The van der Waals surface area contributed by atoms with Gasteiger partial charge in [0.15, 0.2) is 5.82 Å². The van der Waals surface area contributed by atoms with Gasteiger partial charge >= 0.3 is 5.92 Å². The van der Waals surface area contributed by atoms with Crippen LogP contribution in [0.5, 0.6) is 0 Å². The number of hydrogen-bond acceptors (Lipinski definition) is 6. The first-order valence-corrected chi connectivity index (χ1v) is 12.8. The first kappa shape index (κ1) is 27.2. The average molecular weight is 548 g/mol. The van der Waals surface area contributed by atoms with E-state index < -0.39 is 52.3 Å². The number of benzene rings is 2. The lowest BCUT2D eigenvalue weighted by molar-refractivity contribution is -0.124. The van der Waals surface area contributed by atoms with Gasteiger partial charge in [-0.25, -0.2) is 27.2 Å². The van der Waals surface area contributed by atoms with E-state index in [0.29, 0.717) is 23.6 Å². The van der Waals surface area contributed by atoms with Gasteiger partial charge in [0.1, 0.15) is 18.0 Å². The summed E-state index contributed by atoms with van der Waals surface area (Å²) >= 11 is 0. The smallest absolute Gasteiger partial charge is 0.303 e. The maximum absolute atomic E-state index is 14.3. The number of rotatable bonds is 7. The van der Waals surface area contributed by atoms with Gasteiger partial charge in [-0.2, -0.15) is 18.3 Å². The summed E-state index contributed by atoms with van der Waals surface area (Å²) in [5, 5.41) is 12.0. The third kappa shape index (κ3) is 5.66. The Morgan fingerprint density at radius 2 is 1.82 bits per heavy atom. The van der Waals surface area contributed by atoms with Crippen LogP contribution in [0.3, 0.4) is 0 Å². The molecule has 0 radical (unpaired) electrons. The zero-order valence-electron chi connectivity index (χ0n) is 19.9. The highest BCUT2D eigenvalue weighted by atomic mass is 32.2. The molecule has 1 fully saturated rings. The molecule has 3 aromatic rings. The second-order valence-electron chi connectivity index (χ2n) is 8.76. The average Bonchev–Trinajstić information content (AvgIpc) is 3.29. The molecule has 1 aliphatic rings. The predicted molar refractivity (Wildman–Crippen MR) is 127 cm³/mol. The lowest BCUT2D eigenvalue weighted by Gasteiger charge is -2.23. The van der Waals surface area contributed by atoms with Crippen molar-refractivity contribution in [3.63, 3.8) is 0 Å². The number of nitrogens with zero attached hydrogens (tertiary/aromatic N) is 4. The van der Waals surface area contributed by atoms with E-state index in [1.807, 2.05) is 6.07 Å². The van der Waals surface area contributed by atoms with Crippen molar-refractivity contribution in [2.75, 3.05) is 6.54 Å². The number of nitriles is 1. The minimum absolute atomic E-state index is 0.195. The van der Waals surface area contributed by atoms with Gasteiger partial charge in [0.25, 0.3) is 0 Å². The Kier molecular flexibility index (Phi) is 7.48. The van der Waals surface area contributed by atoms with Gasteiger partial charge in [0, 0.05) is 44.4 Å². The van der Waals surface area contributed by atoms with E-state index in [1.54, 1.807) is 12.1 Å². The molecule has 1 aliphatic heterocycles. The van der Waals surface area contributed by atoms with Crippen LogP contribution in [0.4, 0.5) is 17.6 Å². The number of nitrogens with one attached hydrogen (secondary N) is 1. The molecule has 0 aliphatic carbocycles. The van der Waals surface area contributed by atoms with Crippen molar-refractivity contribution >= 4 is 15.9 Å². The quantitative estimate of drug-likeness (QED) is 0.451. The third-order valence-electron chi connectivity index (χ3n) is 5.98. The minimum atomic E-state index is -4.29. The maximum atomic E-state index is 14.3. The molecule has 0 spiro atoms. The van der Waals surface area contributed by atoms with Gasteiger partial charge in [-0.15, -0.1) is 0 Å². The van der Waals surface area contributed by atoms with Gasteiger partial charge in [0.2, 0.25) is 15.9 Å². The number of hydrogen-bond donors (Lipinski definition) is 1. The Hall–Kier alpha value is -3.89. The third-order valence-corrected chi connectivity index (χ3v) is 7.87. The lowest BCUT2D eigenvalue weighted by atomic mass is 10.0. The summed E-state index contributed by atoms with van der Waals surface area (Å²) in [5.74, 6) is -5.28. The summed E-state index contributed by atoms with van der Waals surface area (Å²) < 4.78 is 81.1. The van der Waals surface area contributed by atoms with Gasteiger partial charge in [-0.05, 0) is 47.5 Å². The highest BCUT2D eigenvalue weighted by molar-refractivity contribution is 7.89. The van der Waals surface area contributed by atoms with Crippen LogP contribution in [0.1, 0.15) is 30.3 Å². The number of aromatic nitrogens is 2. The number of sulfonamides is 1. The summed E-state index contributed by atoms with van der Waals surface area (Å²) in [6.07, 6.45) is 0.462. The Labute approximate surface area is 216 Å². The van der Waals surface area contributed by atoms with E-state index in [1.165, 1.54) is 18.5 Å². The Balaban J connectivity index is 1.53. The van der Waals surface area contributed by atoms with Crippen molar-refractivity contribution in [3.05, 3.63) is 77.6 Å². The van der Waals surface area contributed by atoms with Crippen LogP contribution in [0.15, 0.2) is 59.8 Å². The molecule has 8 nitrogen and oxygen atoms in total.